The van der Waals surface area contributed by atoms with Crippen LogP contribution in [-0.2, 0) is 0 Å². The van der Waals surface area contributed by atoms with Crippen LogP contribution in [0.4, 0.5) is 0 Å². The number of benzene rings is 1. The van der Waals surface area contributed by atoms with E-state index in [9.17, 15) is 0 Å². The maximum Gasteiger partial charge on any atom is 0.120 e. The van der Waals surface area contributed by atoms with Gasteiger partial charge in [0.2, 0.25) is 0 Å². The van der Waals surface area contributed by atoms with E-state index in [2.05, 4.69) is 50.1 Å². The van der Waals surface area contributed by atoms with Crippen molar-refractivity contribution in [2.45, 2.75) is 30.5 Å². The van der Waals surface area contributed by atoms with Crippen molar-refractivity contribution < 1.29 is 4.74 Å². The van der Waals surface area contributed by atoms with Crippen molar-refractivity contribution in [3.8, 4) is 5.75 Å². The summed E-state index contributed by atoms with van der Waals surface area (Å²) in [7, 11) is 1.71. The molecule has 0 N–H and O–H groups in total. The molecule has 0 aromatic heterocycles. The van der Waals surface area contributed by atoms with Crippen LogP contribution in [0.5, 0.6) is 5.75 Å². The third kappa shape index (κ3) is 2.24. The lowest BCUT2D eigenvalue weighted by molar-refractivity contribution is 0.329. The molecule has 1 aromatic rings. The molecule has 0 saturated heterocycles. The van der Waals surface area contributed by atoms with Gasteiger partial charge in [0.05, 0.1) is 7.11 Å². The Hall–Kier alpha value is -0.0200. The van der Waals surface area contributed by atoms with Gasteiger partial charge in [0, 0.05) is 9.30 Å². The molecule has 0 aliphatic heterocycles. The Labute approximate surface area is 126 Å². The second kappa shape index (κ2) is 5.16. The molecule has 0 heterocycles. The van der Waals surface area contributed by atoms with Crippen molar-refractivity contribution in [3.05, 3.63) is 28.2 Å². The lowest BCUT2D eigenvalue weighted by Gasteiger charge is -2.27. The van der Waals surface area contributed by atoms with E-state index in [1.165, 1.54) is 31.2 Å². The summed E-state index contributed by atoms with van der Waals surface area (Å²) in [5.41, 5.74) is 1.37. The van der Waals surface area contributed by atoms with Crippen molar-refractivity contribution in [2.75, 3.05) is 7.11 Å². The van der Waals surface area contributed by atoms with Gasteiger partial charge in [-0.3, -0.25) is 0 Å². The quantitative estimate of drug-likeness (QED) is 0.650. The van der Waals surface area contributed by atoms with Crippen LogP contribution in [0.2, 0.25) is 0 Å². The van der Waals surface area contributed by atoms with Crippen LogP contribution in [0, 0.1) is 17.8 Å². The van der Waals surface area contributed by atoms with Crippen LogP contribution < -0.4 is 4.74 Å². The Morgan fingerprint density at radius 3 is 2.67 bits per heavy atom. The third-order valence-corrected chi connectivity index (χ3v) is 6.53. The SMILES string of the molecule is COc1ccc(C(Br)C2CC3CCC2C3)c(Br)c1. The number of hydrogen-bond donors (Lipinski definition) is 0. The number of alkyl halides is 1. The maximum absolute atomic E-state index is 5.26. The lowest BCUT2D eigenvalue weighted by Crippen LogP contribution is -2.15. The number of fused-ring (bicyclic) bond motifs is 2. The van der Waals surface area contributed by atoms with Crippen LogP contribution in [0.1, 0.15) is 36.1 Å². The van der Waals surface area contributed by atoms with Crippen molar-refractivity contribution >= 4 is 31.9 Å². The number of rotatable bonds is 3. The van der Waals surface area contributed by atoms with Crippen LogP contribution >= 0.6 is 31.9 Å². The summed E-state index contributed by atoms with van der Waals surface area (Å²) < 4.78 is 6.42. The summed E-state index contributed by atoms with van der Waals surface area (Å²) in [6.45, 7) is 0. The third-order valence-electron chi connectivity index (χ3n) is 4.67. The van der Waals surface area contributed by atoms with E-state index in [1.54, 1.807) is 7.11 Å². The fourth-order valence-electron chi connectivity index (χ4n) is 3.74. The Morgan fingerprint density at radius 2 is 2.11 bits per heavy atom. The van der Waals surface area contributed by atoms with Gasteiger partial charge < -0.3 is 4.74 Å². The standard InChI is InChI=1S/C15H18Br2O/c1-18-11-4-5-12(14(16)8-11)15(17)13-7-9-2-3-10(13)6-9/h4-5,8-10,13,15H,2-3,6-7H2,1H3. The van der Waals surface area contributed by atoms with Crippen molar-refractivity contribution in [1.29, 1.82) is 0 Å². The fourth-order valence-corrected chi connectivity index (χ4v) is 5.70. The molecule has 0 radical (unpaired) electrons. The first kappa shape index (κ1) is 13.0. The Kier molecular flexibility index (Phi) is 3.72. The van der Waals surface area contributed by atoms with Crippen molar-refractivity contribution in [2.24, 2.45) is 17.8 Å². The Morgan fingerprint density at radius 1 is 1.28 bits per heavy atom. The summed E-state index contributed by atoms with van der Waals surface area (Å²) in [4.78, 5) is 0.480. The van der Waals surface area contributed by atoms with E-state index >= 15 is 0 Å². The number of halogens is 2. The van der Waals surface area contributed by atoms with Gasteiger partial charge in [-0.25, -0.2) is 0 Å². The summed E-state index contributed by atoms with van der Waals surface area (Å²) in [5.74, 6) is 3.66. The van der Waals surface area contributed by atoms with Gasteiger partial charge in [0.1, 0.15) is 5.75 Å². The largest absolute Gasteiger partial charge is 0.497 e. The van der Waals surface area contributed by atoms with Crippen LogP contribution in [0.3, 0.4) is 0 Å². The predicted molar refractivity (Wildman–Crippen MR) is 81.3 cm³/mol. The van der Waals surface area contributed by atoms with E-state index in [1.807, 2.05) is 0 Å². The fraction of sp³-hybridized carbons (Fsp3) is 0.600. The average Bonchev–Trinajstić information content (AvgIpc) is 3.00. The summed E-state index contributed by atoms with van der Waals surface area (Å²) in [5, 5.41) is 0. The molecule has 2 fully saturated rings. The van der Waals surface area contributed by atoms with Crippen molar-refractivity contribution in [1.82, 2.24) is 0 Å². The number of hydrogen-bond acceptors (Lipinski definition) is 1. The zero-order chi connectivity index (χ0) is 12.7. The van der Waals surface area contributed by atoms with Gasteiger partial charge in [-0.2, -0.15) is 0 Å². The van der Waals surface area contributed by atoms with E-state index in [-0.39, 0.29) is 0 Å². The number of methoxy groups -OCH3 is 1. The topological polar surface area (TPSA) is 9.23 Å². The first-order valence-electron chi connectivity index (χ1n) is 6.66. The van der Waals surface area contributed by atoms with Crippen molar-refractivity contribution in [3.63, 3.8) is 0 Å². The van der Waals surface area contributed by atoms with Gasteiger partial charge in [-0.1, -0.05) is 44.3 Å². The molecule has 2 aliphatic carbocycles. The molecule has 0 amide bonds. The second-order valence-electron chi connectivity index (χ2n) is 5.63. The minimum atomic E-state index is 0.480. The Bertz CT molecular complexity index is 446. The normalized spacial score (nSPS) is 31.6. The first-order valence-corrected chi connectivity index (χ1v) is 8.37. The van der Waals surface area contributed by atoms with Gasteiger partial charge in [-0.15, -0.1) is 0 Å². The highest BCUT2D eigenvalue weighted by molar-refractivity contribution is 9.11. The van der Waals surface area contributed by atoms with E-state index in [4.69, 9.17) is 4.74 Å². The maximum atomic E-state index is 5.26. The molecule has 4 atom stereocenters. The molecule has 0 spiro atoms. The molecule has 3 rings (SSSR count). The zero-order valence-corrected chi connectivity index (χ0v) is 13.7. The summed E-state index contributed by atoms with van der Waals surface area (Å²) in [6, 6.07) is 6.31. The second-order valence-corrected chi connectivity index (χ2v) is 7.47. The van der Waals surface area contributed by atoms with Gasteiger partial charge in [0.25, 0.3) is 0 Å². The van der Waals surface area contributed by atoms with Gasteiger partial charge in [0.15, 0.2) is 0 Å². The van der Waals surface area contributed by atoms with Crippen LogP contribution in [-0.4, -0.2) is 7.11 Å². The van der Waals surface area contributed by atoms with Gasteiger partial charge in [-0.05, 0) is 54.7 Å². The molecule has 2 bridgehead atoms. The predicted octanol–water partition coefficient (Wildman–Crippen LogP) is 5.33. The molecule has 18 heavy (non-hydrogen) atoms. The molecule has 1 aromatic carbocycles. The average molecular weight is 374 g/mol. The minimum absolute atomic E-state index is 0.480. The minimum Gasteiger partial charge on any atom is -0.497 e. The van der Waals surface area contributed by atoms with E-state index in [0.717, 1.165) is 28.0 Å². The summed E-state index contributed by atoms with van der Waals surface area (Å²) in [6.07, 6.45) is 5.76. The smallest absolute Gasteiger partial charge is 0.120 e. The van der Waals surface area contributed by atoms with E-state index < -0.39 is 0 Å². The highest BCUT2D eigenvalue weighted by atomic mass is 79.9. The van der Waals surface area contributed by atoms with Gasteiger partial charge >= 0.3 is 0 Å². The molecule has 1 nitrogen and oxygen atoms in total. The number of ether oxygens (including phenoxy) is 1. The highest BCUT2D eigenvalue weighted by Crippen LogP contribution is 2.55. The summed E-state index contributed by atoms with van der Waals surface area (Å²) >= 11 is 7.62. The molecule has 98 valence electrons. The molecule has 2 aliphatic rings. The first-order chi connectivity index (χ1) is 8.69. The highest BCUT2D eigenvalue weighted by Gasteiger charge is 2.43. The van der Waals surface area contributed by atoms with E-state index in [0.29, 0.717) is 4.83 Å². The molecule has 4 unspecified atom stereocenters. The molecular weight excluding hydrogens is 356 g/mol. The lowest BCUT2D eigenvalue weighted by atomic mass is 9.84. The van der Waals surface area contributed by atoms with Crippen LogP contribution in [0.15, 0.2) is 22.7 Å². The molecule has 2 saturated carbocycles. The molecular formula is C15H18Br2O. The monoisotopic (exact) mass is 372 g/mol. The Balaban J connectivity index is 1.82. The molecule has 3 heteroatoms. The van der Waals surface area contributed by atoms with Crippen LogP contribution in [0.25, 0.3) is 0 Å². The zero-order valence-electron chi connectivity index (χ0n) is 10.5.